The third-order valence-corrected chi connectivity index (χ3v) is 4.51. The summed E-state index contributed by atoms with van der Waals surface area (Å²) in [6.45, 7) is 0. The third kappa shape index (κ3) is 2.05. The van der Waals surface area contributed by atoms with E-state index in [9.17, 15) is 8.42 Å². The first-order valence-electron chi connectivity index (χ1n) is 5.55. The smallest absolute Gasteiger partial charge is 0.179 e. The molecule has 0 heterocycles. The monoisotopic (exact) mass is 255 g/mol. The molecule has 5 heteroatoms. The molecule has 0 aromatic heterocycles. The van der Waals surface area contributed by atoms with Crippen LogP contribution in [0.2, 0.25) is 0 Å². The Morgan fingerprint density at radius 3 is 2.41 bits per heavy atom. The highest BCUT2D eigenvalue weighted by molar-refractivity contribution is 7.90. The Morgan fingerprint density at radius 1 is 1.35 bits per heavy atom. The number of ether oxygens (including phenoxy) is 1. The van der Waals surface area contributed by atoms with Gasteiger partial charge in [0.1, 0.15) is 10.6 Å². The number of methoxy groups -OCH3 is 1. The van der Waals surface area contributed by atoms with Crippen LogP contribution in [0.5, 0.6) is 5.75 Å². The fourth-order valence-corrected chi connectivity index (χ4v) is 3.47. The Kier molecular flexibility index (Phi) is 2.91. The maximum atomic E-state index is 11.9. The summed E-state index contributed by atoms with van der Waals surface area (Å²) in [6.07, 6.45) is 3.87. The molecule has 2 rings (SSSR count). The van der Waals surface area contributed by atoms with Gasteiger partial charge >= 0.3 is 0 Å². The second-order valence-corrected chi connectivity index (χ2v) is 6.57. The SMILES string of the molecule is COc1cccc(C2(N)CCC2)c1S(C)(=O)=O. The lowest BCUT2D eigenvalue weighted by molar-refractivity contribution is 0.246. The van der Waals surface area contributed by atoms with Crippen molar-refractivity contribution in [3.05, 3.63) is 23.8 Å². The fourth-order valence-electron chi connectivity index (χ4n) is 2.28. The van der Waals surface area contributed by atoms with Gasteiger partial charge in [-0.15, -0.1) is 0 Å². The first kappa shape index (κ1) is 12.4. The average molecular weight is 255 g/mol. The summed E-state index contributed by atoms with van der Waals surface area (Å²) >= 11 is 0. The van der Waals surface area contributed by atoms with Crippen LogP contribution in [0.1, 0.15) is 24.8 Å². The van der Waals surface area contributed by atoms with Gasteiger partial charge in [0.2, 0.25) is 0 Å². The van der Waals surface area contributed by atoms with E-state index in [2.05, 4.69) is 0 Å². The molecule has 17 heavy (non-hydrogen) atoms. The quantitative estimate of drug-likeness (QED) is 0.887. The van der Waals surface area contributed by atoms with E-state index in [4.69, 9.17) is 10.5 Å². The molecule has 4 nitrogen and oxygen atoms in total. The van der Waals surface area contributed by atoms with E-state index < -0.39 is 15.4 Å². The molecule has 0 bridgehead atoms. The van der Waals surface area contributed by atoms with Gasteiger partial charge in [0, 0.05) is 11.8 Å². The van der Waals surface area contributed by atoms with Crippen LogP contribution in [0.15, 0.2) is 23.1 Å². The van der Waals surface area contributed by atoms with Crippen LogP contribution in [-0.2, 0) is 15.4 Å². The van der Waals surface area contributed by atoms with Crippen molar-refractivity contribution in [2.75, 3.05) is 13.4 Å². The van der Waals surface area contributed by atoms with Crippen LogP contribution in [0, 0.1) is 0 Å². The van der Waals surface area contributed by atoms with Gasteiger partial charge in [-0.1, -0.05) is 12.1 Å². The molecule has 2 N–H and O–H groups in total. The van der Waals surface area contributed by atoms with Gasteiger partial charge in [-0.3, -0.25) is 0 Å². The first-order chi connectivity index (χ1) is 7.88. The predicted molar refractivity (Wildman–Crippen MR) is 65.8 cm³/mol. The molecule has 1 saturated carbocycles. The van der Waals surface area contributed by atoms with Gasteiger partial charge in [0.25, 0.3) is 0 Å². The molecule has 0 aliphatic heterocycles. The molecule has 94 valence electrons. The molecule has 0 saturated heterocycles. The van der Waals surface area contributed by atoms with Crippen molar-refractivity contribution >= 4 is 9.84 Å². The molecule has 1 aliphatic carbocycles. The van der Waals surface area contributed by atoms with Crippen LogP contribution in [0.3, 0.4) is 0 Å². The Bertz CT molecular complexity index is 533. The van der Waals surface area contributed by atoms with Crippen molar-refractivity contribution in [3.63, 3.8) is 0 Å². The second-order valence-electron chi connectivity index (χ2n) is 4.62. The maximum absolute atomic E-state index is 11.9. The molecular weight excluding hydrogens is 238 g/mol. The molecule has 1 aliphatic rings. The lowest BCUT2D eigenvalue weighted by Crippen LogP contribution is -2.44. The number of benzene rings is 1. The number of sulfone groups is 1. The summed E-state index contributed by atoms with van der Waals surface area (Å²) in [4.78, 5) is 0.240. The summed E-state index contributed by atoms with van der Waals surface area (Å²) in [5.41, 5.74) is 6.40. The van der Waals surface area contributed by atoms with Gasteiger partial charge < -0.3 is 10.5 Å². The van der Waals surface area contributed by atoms with Crippen LogP contribution in [0.25, 0.3) is 0 Å². The summed E-state index contributed by atoms with van der Waals surface area (Å²) in [5.74, 6) is 0.377. The van der Waals surface area contributed by atoms with Crippen molar-refractivity contribution < 1.29 is 13.2 Å². The molecule has 1 aromatic carbocycles. The number of hydrogen-bond acceptors (Lipinski definition) is 4. The number of nitrogens with two attached hydrogens (primary N) is 1. The zero-order chi connectivity index (χ0) is 12.7. The molecule has 0 radical (unpaired) electrons. The van der Waals surface area contributed by atoms with Gasteiger partial charge in [-0.25, -0.2) is 8.42 Å². The largest absolute Gasteiger partial charge is 0.495 e. The lowest BCUT2D eigenvalue weighted by atomic mass is 9.73. The first-order valence-corrected chi connectivity index (χ1v) is 7.44. The molecule has 0 unspecified atom stereocenters. The highest BCUT2D eigenvalue weighted by Crippen LogP contribution is 2.43. The zero-order valence-electron chi connectivity index (χ0n) is 10.1. The van der Waals surface area contributed by atoms with Crippen LogP contribution >= 0.6 is 0 Å². The van der Waals surface area contributed by atoms with Crippen molar-refractivity contribution in [1.82, 2.24) is 0 Å². The van der Waals surface area contributed by atoms with Crippen LogP contribution in [0.4, 0.5) is 0 Å². The second kappa shape index (κ2) is 3.99. The molecule has 0 spiro atoms. The Balaban J connectivity index is 2.67. The van der Waals surface area contributed by atoms with E-state index in [1.54, 1.807) is 18.2 Å². The Labute approximate surface area is 102 Å². The topological polar surface area (TPSA) is 69.4 Å². The van der Waals surface area contributed by atoms with Crippen molar-refractivity contribution in [2.45, 2.75) is 29.7 Å². The minimum Gasteiger partial charge on any atom is -0.495 e. The minimum absolute atomic E-state index is 0.240. The molecule has 0 amide bonds. The van der Waals surface area contributed by atoms with Crippen molar-refractivity contribution in [2.24, 2.45) is 5.73 Å². The van der Waals surface area contributed by atoms with E-state index in [1.807, 2.05) is 0 Å². The molecular formula is C12H17NO3S. The van der Waals surface area contributed by atoms with Gasteiger partial charge in [0.05, 0.1) is 7.11 Å². The van der Waals surface area contributed by atoms with Crippen molar-refractivity contribution in [1.29, 1.82) is 0 Å². The summed E-state index contributed by atoms with van der Waals surface area (Å²) in [5, 5.41) is 0. The number of rotatable bonds is 3. The Hall–Kier alpha value is -1.07. The van der Waals surface area contributed by atoms with Crippen LogP contribution < -0.4 is 10.5 Å². The zero-order valence-corrected chi connectivity index (χ0v) is 10.9. The molecule has 1 fully saturated rings. The van der Waals surface area contributed by atoms with E-state index in [0.717, 1.165) is 19.3 Å². The van der Waals surface area contributed by atoms with Crippen LogP contribution in [-0.4, -0.2) is 21.8 Å². The normalized spacial score (nSPS) is 18.5. The Morgan fingerprint density at radius 2 is 2.00 bits per heavy atom. The lowest BCUT2D eigenvalue weighted by Gasteiger charge is -2.39. The van der Waals surface area contributed by atoms with E-state index >= 15 is 0 Å². The van der Waals surface area contributed by atoms with Gasteiger partial charge in [0.15, 0.2) is 9.84 Å². The predicted octanol–water partition coefficient (Wildman–Crippen LogP) is 1.44. The summed E-state index contributed by atoms with van der Waals surface area (Å²) < 4.78 is 28.9. The standard InChI is InChI=1S/C12H17NO3S/c1-16-10-6-3-5-9(11(10)17(2,14)15)12(13)7-4-8-12/h3,5-6H,4,7-8,13H2,1-2H3. The third-order valence-electron chi connectivity index (χ3n) is 3.35. The molecule has 0 atom stereocenters. The van der Waals surface area contributed by atoms with E-state index in [1.165, 1.54) is 13.4 Å². The minimum atomic E-state index is -3.34. The molecule has 1 aromatic rings. The average Bonchev–Trinajstić information content (AvgIpc) is 2.23. The fraction of sp³-hybridized carbons (Fsp3) is 0.500. The van der Waals surface area contributed by atoms with E-state index in [-0.39, 0.29) is 4.90 Å². The summed E-state index contributed by atoms with van der Waals surface area (Å²) in [7, 11) is -1.87. The summed E-state index contributed by atoms with van der Waals surface area (Å²) in [6, 6.07) is 5.23. The van der Waals surface area contributed by atoms with E-state index in [0.29, 0.717) is 11.3 Å². The van der Waals surface area contributed by atoms with Gasteiger partial charge in [-0.05, 0) is 30.9 Å². The van der Waals surface area contributed by atoms with Crippen molar-refractivity contribution in [3.8, 4) is 5.75 Å². The highest BCUT2D eigenvalue weighted by atomic mass is 32.2. The number of hydrogen-bond donors (Lipinski definition) is 1. The van der Waals surface area contributed by atoms with Gasteiger partial charge in [-0.2, -0.15) is 0 Å². The highest BCUT2D eigenvalue weighted by Gasteiger charge is 2.38. The maximum Gasteiger partial charge on any atom is 0.179 e.